The minimum absolute atomic E-state index is 0.0533. The van der Waals surface area contributed by atoms with E-state index in [1.165, 1.54) is 19.1 Å². The van der Waals surface area contributed by atoms with E-state index < -0.39 is 23.8 Å². The van der Waals surface area contributed by atoms with Crippen LogP contribution in [0.1, 0.15) is 17.3 Å². The van der Waals surface area contributed by atoms with Crippen LogP contribution in [0.25, 0.3) is 0 Å². The molecule has 0 aliphatic carbocycles. The maximum absolute atomic E-state index is 12.3. The van der Waals surface area contributed by atoms with Gasteiger partial charge in [0.15, 0.2) is 0 Å². The molecule has 0 spiro atoms. The van der Waals surface area contributed by atoms with Crippen LogP contribution in [0.2, 0.25) is 0 Å². The van der Waals surface area contributed by atoms with E-state index in [1.54, 1.807) is 6.07 Å². The molecule has 2 N–H and O–H groups in total. The van der Waals surface area contributed by atoms with Gasteiger partial charge in [-0.15, -0.1) is 0 Å². The van der Waals surface area contributed by atoms with Gasteiger partial charge >= 0.3 is 0 Å². The third kappa shape index (κ3) is 2.60. The Hall–Kier alpha value is -1.89. The molecule has 100 valence electrons. The Balaban J connectivity index is 2.32. The molecule has 1 aromatic rings. The zero-order valence-corrected chi connectivity index (χ0v) is 11.6. The van der Waals surface area contributed by atoms with Gasteiger partial charge in [-0.25, -0.2) is 0 Å². The Kier molecular flexibility index (Phi) is 3.57. The van der Waals surface area contributed by atoms with Crippen molar-refractivity contribution in [1.82, 2.24) is 10.2 Å². The molecule has 0 bridgehead atoms. The zero-order valence-electron chi connectivity index (χ0n) is 10.0. The highest BCUT2D eigenvalue weighted by molar-refractivity contribution is 9.10. The lowest BCUT2D eigenvalue weighted by atomic mass is 10.1. The Morgan fingerprint density at radius 3 is 2.79 bits per heavy atom. The highest BCUT2D eigenvalue weighted by Crippen LogP contribution is 2.24. The van der Waals surface area contributed by atoms with Crippen molar-refractivity contribution in [2.45, 2.75) is 13.0 Å². The van der Waals surface area contributed by atoms with Gasteiger partial charge in [-0.3, -0.25) is 19.7 Å². The van der Waals surface area contributed by atoms with Gasteiger partial charge in [0.2, 0.25) is 11.8 Å². The number of hydrogen-bond donors (Lipinski definition) is 2. The molecule has 1 heterocycles. The molecular formula is C12H11BrN2O4. The number of nitrogens with one attached hydrogen (secondary N) is 1. The summed E-state index contributed by atoms with van der Waals surface area (Å²) in [6.07, 6.45) is 0. The summed E-state index contributed by atoms with van der Waals surface area (Å²) in [5.74, 6) is -1.82. The highest BCUT2D eigenvalue weighted by Gasteiger charge is 2.34. The van der Waals surface area contributed by atoms with E-state index in [0.29, 0.717) is 4.47 Å². The smallest absolute Gasteiger partial charge is 0.258 e. The number of carbonyl (C=O) groups is 3. The first-order chi connectivity index (χ1) is 8.90. The topological polar surface area (TPSA) is 86.7 Å². The van der Waals surface area contributed by atoms with Gasteiger partial charge in [-0.05, 0) is 25.1 Å². The van der Waals surface area contributed by atoms with Crippen molar-refractivity contribution >= 4 is 33.7 Å². The van der Waals surface area contributed by atoms with Gasteiger partial charge in [-0.2, -0.15) is 0 Å². The molecule has 7 heteroatoms. The maximum Gasteiger partial charge on any atom is 0.258 e. The van der Waals surface area contributed by atoms with Gasteiger partial charge in [0.05, 0.1) is 5.56 Å². The number of amides is 3. The van der Waals surface area contributed by atoms with Crippen LogP contribution in [0.3, 0.4) is 0 Å². The van der Waals surface area contributed by atoms with E-state index in [9.17, 15) is 19.5 Å². The lowest BCUT2D eigenvalue weighted by molar-refractivity contribution is -0.138. The standard InChI is InChI=1S/C12H11BrN2O4/c1-6-11(18)14-10(17)5-15(6)12(19)8-3-2-7(13)4-9(8)16/h2-4,6,16H,5H2,1H3,(H,14,17,18). The fraction of sp³-hybridized carbons (Fsp3) is 0.250. The quantitative estimate of drug-likeness (QED) is 0.741. The average Bonchev–Trinajstić information content (AvgIpc) is 2.33. The number of carbonyl (C=O) groups excluding carboxylic acids is 3. The van der Waals surface area contributed by atoms with E-state index >= 15 is 0 Å². The fourth-order valence-corrected chi connectivity index (χ4v) is 2.15. The Morgan fingerprint density at radius 2 is 2.16 bits per heavy atom. The molecule has 1 saturated heterocycles. The summed E-state index contributed by atoms with van der Waals surface area (Å²) in [4.78, 5) is 36.2. The van der Waals surface area contributed by atoms with Crippen LogP contribution in [0.5, 0.6) is 5.75 Å². The number of benzene rings is 1. The molecule has 1 aliphatic rings. The summed E-state index contributed by atoms with van der Waals surface area (Å²) in [6.45, 7) is 1.32. The Labute approximate surface area is 117 Å². The van der Waals surface area contributed by atoms with Crippen molar-refractivity contribution in [3.63, 3.8) is 0 Å². The third-order valence-electron chi connectivity index (χ3n) is 2.87. The minimum Gasteiger partial charge on any atom is -0.507 e. The predicted molar refractivity (Wildman–Crippen MR) is 69.5 cm³/mol. The van der Waals surface area contributed by atoms with Gasteiger partial charge in [0.25, 0.3) is 5.91 Å². The normalized spacial score (nSPS) is 19.3. The van der Waals surface area contributed by atoms with Crippen LogP contribution in [-0.2, 0) is 9.59 Å². The Bertz CT molecular complexity index is 573. The van der Waals surface area contributed by atoms with E-state index in [0.717, 1.165) is 4.90 Å². The molecule has 0 aromatic heterocycles. The second kappa shape index (κ2) is 5.00. The van der Waals surface area contributed by atoms with E-state index in [2.05, 4.69) is 21.2 Å². The molecule has 1 aliphatic heterocycles. The van der Waals surface area contributed by atoms with E-state index in [1.807, 2.05) is 0 Å². The van der Waals surface area contributed by atoms with Crippen LogP contribution in [0, 0.1) is 0 Å². The SMILES string of the molecule is CC1C(=O)NC(=O)CN1C(=O)c1ccc(Br)cc1O. The summed E-state index contributed by atoms with van der Waals surface area (Å²) < 4.78 is 0.627. The van der Waals surface area contributed by atoms with Crippen molar-refractivity contribution < 1.29 is 19.5 Å². The molecule has 6 nitrogen and oxygen atoms in total. The predicted octanol–water partition coefficient (Wildman–Crippen LogP) is 0.642. The lowest BCUT2D eigenvalue weighted by Crippen LogP contribution is -2.58. The van der Waals surface area contributed by atoms with Gasteiger partial charge in [0, 0.05) is 4.47 Å². The molecule has 1 aromatic carbocycles. The number of halogens is 1. The second-order valence-corrected chi connectivity index (χ2v) is 5.10. The first kappa shape index (κ1) is 13.5. The monoisotopic (exact) mass is 326 g/mol. The van der Waals surface area contributed by atoms with Crippen molar-refractivity contribution in [1.29, 1.82) is 0 Å². The first-order valence-electron chi connectivity index (χ1n) is 5.53. The first-order valence-corrected chi connectivity index (χ1v) is 6.32. The van der Waals surface area contributed by atoms with Gasteiger partial charge in [-0.1, -0.05) is 15.9 Å². The van der Waals surface area contributed by atoms with Crippen molar-refractivity contribution in [3.8, 4) is 5.75 Å². The summed E-state index contributed by atoms with van der Waals surface area (Å²) in [6, 6.07) is 3.66. The highest BCUT2D eigenvalue weighted by atomic mass is 79.9. The molecular weight excluding hydrogens is 316 g/mol. The largest absolute Gasteiger partial charge is 0.507 e. The summed E-state index contributed by atoms with van der Waals surface area (Å²) in [5.41, 5.74) is 0.0533. The van der Waals surface area contributed by atoms with Gasteiger partial charge in [0.1, 0.15) is 18.3 Å². The van der Waals surface area contributed by atoms with Crippen molar-refractivity contribution in [3.05, 3.63) is 28.2 Å². The van der Waals surface area contributed by atoms with Crippen LogP contribution in [0.15, 0.2) is 22.7 Å². The molecule has 1 atom stereocenters. The van der Waals surface area contributed by atoms with Crippen molar-refractivity contribution in [2.75, 3.05) is 6.54 Å². The third-order valence-corrected chi connectivity index (χ3v) is 3.37. The van der Waals surface area contributed by atoms with Crippen LogP contribution in [-0.4, -0.2) is 40.3 Å². The zero-order chi connectivity index (χ0) is 14.2. The number of rotatable bonds is 1. The molecule has 0 radical (unpaired) electrons. The summed E-state index contributed by atoms with van der Waals surface area (Å²) in [7, 11) is 0. The maximum atomic E-state index is 12.3. The van der Waals surface area contributed by atoms with E-state index in [4.69, 9.17) is 0 Å². The summed E-state index contributed by atoms with van der Waals surface area (Å²) >= 11 is 3.17. The molecule has 1 unspecified atom stereocenters. The number of piperazine rings is 1. The van der Waals surface area contributed by atoms with Crippen LogP contribution in [0.4, 0.5) is 0 Å². The molecule has 19 heavy (non-hydrogen) atoms. The number of hydrogen-bond acceptors (Lipinski definition) is 4. The number of phenols is 1. The van der Waals surface area contributed by atoms with Crippen LogP contribution >= 0.6 is 15.9 Å². The molecule has 3 amide bonds. The number of phenolic OH excluding ortho intramolecular Hbond substituents is 1. The van der Waals surface area contributed by atoms with E-state index in [-0.39, 0.29) is 17.9 Å². The molecule has 2 rings (SSSR count). The van der Waals surface area contributed by atoms with Crippen molar-refractivity contribution in [2.24, 2.45) is 0 Å². The molecule has 0 saturated carbocycles. The lowest BCUT2D eigenvalue weighted by Gasteiger charge is -2.31. The average molecular weight is 327 g/mol. The number of aromatic hydroxyl groups is 1. The van der Waals surface area contributed by atoms with Gasteiger partial charge < -0.3 is 10.0 Å². The number of nitrogens with zero attached hydrogens (tertiary/aromatic N) is 1. The van der Waals surface area contributed by atoms with Crippen LogP contribution < -0.4 is 5.32 Å². The second-order valence-electron chi connectivity index (χ2n) is 4.18. The number of imide groups is 1. The molecule has 1 fully saturated rings. The minimum atomic E-state index is -0.756. The fourth-order valence-electron chi connectivity index (χ4n) is 1.80. The summed E-state index contributed by atoms with van der Waals surface area (Å²) in [5, 5.41) is 11.9. The Morgan fingerprint density at radius 1 is 1.47 bits per heavy atom.